The summed E-state index contributed by atoms with van der Waals surface area (Å²) in [4.78, 5) is 11.1. The average Bonchev–Trinajstić information content (AvgIpc) is 2.41. The first-order valence-corrected chi connectivity index (χ1v) is 7.27. The SMILES string of the molecule is COC(=O)CCCNC(CC(C)(C)C)c1ccccc1. The van der Waals surface area contributed by atoms with Gasteiger partial charge in [-0.1, -0.05) is 51.1 Å². The Balaban J connectivity index is 2.54. The molecule has 1 aromatic rings. The van der Waals surface area contributed by atoms with Gasteiger partial charge in [-0.25, -0.2) is 0 Å². The van der Waals surface area contributed by atoms with Crippen LogP contribution < -0.4 is 5.32 Å². The van der Waals surface area contributed by atoms with Crippen molar-refractivity contribution >= 4 is 5.97 Å². The molecule has 0 aliphatic rings. The molecule has 0 radical (unpaired) electrons. The van der Waals surface area contributed by atoms with E-state index in [1.54, 1.807) is 0 Å². The van der Waals surface area contributed by atoms with Crippen LogP contribution in [0.2, 0.25) is 0 Å². The van der Waals surface area contributed by atoms with E-state index in [9.17, 15) is 4.79 Å². The van der Waals surface area contributed by atoms with E-state index < -0.39 is 0 Å². The molecule has 0 fully saturated rings. The Morgan fingerprint density at radius 2 is 1.90 bits per heavy atom. The third-order valence-corrected chi connectivity index (χ3v) is 3.19. The average molecular weight is 277 g/mol. The second-order valence-electron chi connectivity index (χ2n) is 6.36. The van der Waals surface area contributed by atoms with Crippen LogP contribution in [-0.2, 0) is 9.53 Å². The van der Waals surface area contributed by atoms with Crippen molar-refractivity contribution in [3.05, 3.63) is 35.9 Å². The van der Waals surface area contributed by atoms with E-state index in [0.29, 0.717) is 12.5 Å². The van der Waals surface area contributed by atoms with Gasteiger partial charge in [0.2, 0.25) is 0 Å². The van der Waals surface area contributed by atoms with Crippen LogP contribution >= 0.6 is 0 Å². The van der Waals surface area contributed by atoms with Crippen LogP contribution in [0.15, 0.2) is 30.3 Å². The van der Waals surface area contributed by atoms with Crippen LogP contribution in [0.5, 0.6) is 0 Å². The van der Waals surface area contributed by atoms with Gasteiger partial charge in [0.15, 0.2) is 0 Å². The molecule has 0 heterocycles. The van der Waals surface area contributed by atoms with Gasteiger partial charge in [0.25, 0.3) is 0 Å². The Bertz CT molecular complexity index is 395. The summed E-state index contributed by atoms with van der Waals surface area (Å²) in [6.07, 6.45) is 2.34. The molecule has 1 atom stereocenters. The van der Waals surface area contributed by atoms with Gasteiger partial charge in [0, 0.05) is 12.5 Å². The van der Waals surface area contributed by atoms with Crippen LogP contribution in [0.1, 0.15) is 51.6 Å². The summed E-state index contributed by atoms with van der Waals surface area (Å²) in [6, 6.07) is 10.8. The second-order valence-corrected chi connectivity index (χ2v) is 6.36. The molecule has 112 valence electrons. The lowest BCUT2D eigenvalue weighted by molar-refractivity contribution is -0.140. The Morgan fingerprint density at radius 1 is 1.25 bits per heavy atom. The van der Waals surface area contributed by atoms with Gasteiger partial charge in [0.1, 0.15) is 0 Å². The highest BCUT2D eigenvalue weighted by Crippen LogP contribution is 2.29. The van der Waals surface area contributed by atoms with Gasteiger partial charge >= 0.3 is 5.97 Å². The molecular formula is C17H27NO2. The molecule has 0 aliphatic heterocycles. The predicted octanol–water partition coefficient (Wildman–Crippen LogP) is 3.71. The first kappa shape index (κ1) is 16.7. The van der Waals surface area contributed by atoms with Crippen LogP contribution in [0, 0.1) is 5.41 Å². The van der Waals surface area contributed by atoms with Gasteiger partial charge in [0.05, 0.1) is 7.11 Å². The lowest BCUT2D eigenvalue weighted by Gasteiger charge is -2.27. The number of carbonyl (C=O) groups is 1. The van der Waals surface area contributed by atoms with E-state index >= 15 is 0 Å². The van der Waals surface area contributed by atoms with Crippen LogP contribution in [0.25, 0.3) is 0 Å². The maximum absolute atomic E-state index is 11.1. The largest absolute Gasteiger partial charge is 0.469 e. The third kappa shape index (κ3) is 6.71. The number of hydrogen-bond acceptors (Lipinski definition) is 3. The number of nitrogens with one attached hydrogen (secondary N) is 1. The van der Waals surface area contributed by atoms with Crippen molar-refractivity contribution in [3.8, 4) is 0 Å². The fourth-order valence-corrected chi connectivity index (χ4v) is 2.22. The first-order valence-electron chi connectivity index (χ1n) is 7.27. The van der Waals surface area contributed by atoms with E-state index in [0.717, 1.165) is 19.4 Å². The van der Waals surface area contributed by atoms with Crippen LogP contribution in [0.3, 0.4) is 0 Å². The monoisotopic (exact) mass is 277 g/mol. The molecule has 1 aromatic carbocycles. The highest BCUT2D eigenvalue weighted by molar-refractivity contribution is 5.69. The Kier molecular flexibility index (Phi) is 6.73. The number of esters is 1. The van der Waals surface area contributed by atoms with Crippen molar-refractivity contribution < 1.29 is 9.53 Å². The zero-order valence-corrected chi connectivity index (χ0v) is 13.1. The highest BCUT2D eigenvalue weighted by Gasteiger charge is 2.19. The summed E-state index contributed by atoms with van der Waals surface area (Å²) in [5.74, 6) is -0.140. The molecule has 0 amide bonds. The van der Waals surface area contributed by atoms with Gasteiger partial charge in [-0.3, -0.25) is 4.79 Å². The summed E-state index contributed by atoms with van der Waals surface area (Å²) < 4.78 is 4.66. The maximum atomic E-state index is 11.1. The van der Waals surface area contributed by atoms with Crippen molar-refractivity contribution in [2.24, 2.45) is 5.41 Å². The molecule has 1 N–H and O–H groups in total. The molecule has 0 bridgehead atoms. The van der Waals surface area contributed by atoms with Crippen LogP contribution in [-0.4, -0.2) is 19.6 Å². The number of hydrogen-bond donors (Lipinski definition) is 1. The lowest BCUT2D eigenvalue weighted by atomic mass is 9.85. The number of benzene rings is 1. The zero-order valence-electron chi connectivity index (χ0n) is 13.1. The Labute approximate surface area is 122 Å². The van der Waals surface area contributed by atoms with Gasteiger partial charge in [-0.05, 0) is 30.4 Å². The van der Waals surface area contributed by atoms with Crippen molar-refractivity contribution in [2.45, 2.75) is 46.1 Å². The standard InChI is InChI=1S/C17H27NO2/c1-17(2,3)13-15(14-9-6-5-7-10-14)18-12-8-11-16(19)20-4/h5-7,9-10,15,18H,8,11-13H2,1-4H3. The molecule has 20 heavy (non-hydrogen) atoms. The number of ether oxygens (including phenoxy) is 1. The molecule has 0 aromatic heterocycles. The molecule has 1 rings (SSSR count). The Morgan fingerprint density at radius 3 is 2.45 bits per heavy atom. The summed E-state index contributed by atoms with van der Waals surface area (Å²) in [5.41, 5.74) is 1.57. The topological polar surface area (TPSA) is 38.3 Å². The quantitative estimate of drug-likeness (QED) is 0.610. The molecule has 1 unspecified atom stereocenters. The zero-order chi connectivity index (χ0) is 15.0. The maximum Gasteiger partial charge on any atom is 0.305 e. The molecule has 3 nitrogen and oxygen atoms in total. The van der Waals surface area contributed by atoms with Crippen molar-refractivity contribution in [1.82, 2.24) is 5.32 Å². The summed E-state index contributed by atoms with van der Waals surface area (Å²) in [7, 11) is 1.43. The molecule has 0 spiro atoms. The van der Waals surface area contributed by atoms with Crippen molar-refractivity contribution in [1.29, 1.82) is 0 Å². The van der Waals surface area contributed by atoms with E-state index in [2.05, 4.69) is 55.1 Å². The smallest absolute Gasteiger partial charge is 0.305 e. The molecule has 0 aliphatic carbocycles. The minimum atomic E-state index is -0.140. The minimum absolute atomic E-state index is 0.140. The minimum Gasteiger partial charge on any atom is -0.469 e. The number of methoxy groups -OCH3 is 1. The summed E-state index contributed by atoms with van der Waals surface area (Å²) >= 11 is 0. The highest BCUT2D eigenvalue weighted by atomic mass is 16.5. The van der Waals surface area contributed by atoms with Gasteiger partial charge in [-0.15, -0.1) is 0 Å². The van der Waals surface area contributed by atoms with E-state index in [-0.39, 0.29) is 11.4 Å². The van der Waals surface area contributed by atoms with E-state index in [1.165, 1.54) is 12.7 Å². The normalized spacial score (nSPS) is 13.0. The summed E-state index contributed by atoms with van der Waals surface area (Å²) in [6.45, 7) is 7.57. The third-order valence-electron chi connectivity index (χ3n) is 3.19. The van der Waals surface area contributed by atoms with Crippen molar-refractivity contribution in [2.75, 3.05) is 13.7 Å². The van der Waals surface area contributed by atoms with Crippen molar-refractivity contribution in [3.63, 3.8) is 0 Å². The molecule has 0 saturated heterocycles. The van der Waals surface area contributed by atoms with Gasteiger partial charge < -0.3 is 10.1 Å². The van der Waals surface area contributed by atoms with Crippen LogP contribution in [0.4, 0.5) is 0 Å². The number of rotatable bonds is 7. The fourth-order valence-electron chi connectivity index (χ4n) is 2.22. The van der Waals surface area contributed by atoms with Gasteiger partial charge in [-0.2, -0.15) is 0 Å². The Hall–Kier alpha value is -1.35. The molecular weight excluding hydrogens is 250 g/mol. The fraction of sp³-hybridized carbons (Fsp3) is 0.588. The van der Waals surface area contributed by atoms with E-state index in [4.69, 9.17) is 0 Å². The summed E-state index contributed by atoms with van der Waals surface area (Å²) in [5, 5.41) is 3.56. The molecule has 0 saturated carbocycles. The molecule has 3 heteroatoms. The number of carbonyl (C=O) groups excluding carboxylic acids is 1. The second kappa shape index (κ2) is 8.05. The lowest BCUT2D eigenvalue weighted by Crippen LogP contribution is -2.27. The first-order chi connectivity index (χ1) is 9.42. The predicted molar refractivity (Wildman–Crippen MR) is 82.5 cm³/mol. The van der Waals surface area contributed by atoms with E-state index in [1.807, 2.05) is 6.07 Å².